The minimum atomic E-state index is -0.399. The highest BCUT2D eigenvalue weighted by Gasteiger charge is 2.28. The van der Waals surface area contributed by atoms with Crippen LogP contribution in [0, 0.1) is 6.92 Å². The second kappa shape index (κ2) is 6.76. The molecule has 0 saturated carbocycles. The molecule has 2 aliphatic rings. The summed E-state index contributed by atoms with van der Waals surface area (Å²) in [6, 6.07) is 12.0. The molecular formula is C22H21N7O2. The molecule has 4 aromatic rings. The number of hydrogen-bond donors (Lipinski definition) is 2. The van der Waals surface area contributed by atoms with Crippen LogP contribution in [0.4, 0.5) is 5.95 Å². The monoisotopic (exact) mass is 415 g/mol. The smallest absolute Gasteiger partial charge is 0.212 e. The number of aromatic nitrogens is 4. The summed E-state index contributed by atoms with van der Waals surface area (Å²) in [5.41, 5.74) is 10.8. The maximum atomic E-state index is 6.09. The summed E-state index contributed by atoms with van der Waals surface area (Å²) in [6.45, 7) is 3.31. The highest BCUT2D eigenvalue weighted by Crippen LogP contribution is 2.39. The molecule has 0 radical (unpaired) electrons. The number of aryl methyl sites for hydroxylation is 1. The minimum Gasteiger partial charge on any atom is -0.489 e. The van der Waals surface area contributed by atoms with Gasteiger partial charge in [0, 0.05) is 30.3 Å². The first-order valence-electron chi connectivity index (χ1n) is 10.2. The van der Waals surface area contributed by atoms with E-state index in [1.807, 2.05) is 52.0 Å². The molecule has 31 heavy (non-hydrogen) atoms. The molecule has 0 aliphatic carbocycles. The lowest BCUT2D eigenvalue weighted by Gasteiger charge is -2.22. The summed E-state index contributed by atoms with van der Waals surface area (Å²) in [7, 11) is 0. The van der Waals surface area contributed by atoms with Gasteiger partial charge in [0.1, 0.15) is 0 Å². The van der Waals surface area contributed by atoms with E-state index in [1.165, 1.54) is 0 Å². The van der Waals surface area contributed by atoms with Crippen molar-refractivity contribution in [2.45, 2.75) is 19.5 Å². The molecule has 0 spiro atoms. The highest BCUT2D eigenvalue weighted by atomic mass is 16.5. The lowest BCUT2D eigenvalue weighted by molar-refractivity contribution is 0.297. The molecule has 156 valence electrons. The van der Waals surface area contributed by atoms with Gasteiger partial charge in [-0.3, -0.25) is 9.88 Å². The van der Waals surface area contributed by atoms with E-state index in [9.17, 15) is 0 Å². The molecule has 6 rings (SSSR count). The highest BCUT2D eigenvalue weighted by molar-refractivity contribution is 5.95. The van der Waals surface area contributed by atoms with Gasteiger partial charge in [0.15, 0.2) is 23.6 Å². The van der Waals surface area contributed by atoms with Crippen molar-refractivity contribution in [3.8, 4) is 17.2 Å². The summed E-state index contributed by atoms with van der Waals surface area (Å²) in [5.74, 6) is 2.35. The number of hydrogen-bond acceptors (Lipinski definition) is 7. The van der Waals surface area contributed by atoms with Crippen molar-refractivity contribution < 1.29 is 9.47 Å². The number of fused-ring (bicyclic) bond motifs is 4. The van der Waals surface area contributed by atoms with Gasteiger partial charge in [-0.2, -0.15) is 5.10 Å². The van der Waals surface area contributed by atoms with Gasteiger partial charge in [0.25, 0.3) is 0 Å². The zero-order chi connectivity index (χ0) is 20.9. The van der Waals surface area contributed by atoms with Gasteiger partial charge in [-0.15, -0.1) is 0 Å². The minimum absolute atomic E-state index is 0.311. The Morgan fingerprint density at radius 1 is 1.13 bits per heavy atom. The number of rotatable bonds is 2. The third-order valence-electron chi connectivity index (χ3n) is 5.57. The Labute approximate surface area is 178 Å². The molecule has 0 amide bonds. The number of imidazole rings is 1. The van der Waals surface area contributed by atoms with Crippen LogP contribution in [0.25, 0.3) is 16.7 Å². The Hall–Kier alpha value is -4.01. The van der Waals surface area contributed by atoms with E-state index in [0.29, 0.717) is 36.6 Å². The predicted molar refractivity (Wildman–Crippen MR) is 117 cm³/mol. The number of nitrogens with zero attached hydrogens (tertiary/aromatic N) is 5. The van der Waals surface area contributed by atoms with Gasteiger partial charge in [-0.05, 0) is 18.6 Å². The number of aliphatic imine (C=N–C) groups is 1. The maximum Gasteiger partial charge on any atom is 0.212 e. The van der Waals surface area contributed by atoms with Gasteiger partial charge < -0.3 is 15.2 Å². The van der Waals surface area contributed by atoms with Crippen molar-refractivity contribution in [1.29, 1.82) is 0 Å². The zero-order valence-electron chi connectivity index (χ0n) is 16.9. The third-order valence-corrected chi connectivity index (χ3v) is 5.57. The molecule has 3 N–H and O–H groups in total. The first kappa shape index (κ1) is 17.8. The number of anilines is 1. The van der Waals surface area contributed by atoms with Crippen molar-refractivity contribution in [2.24, 2.45) is 10.7 Å². The Kier molecular flexibility index (Phi) is 3.89. The number of benzene rings is 2. The van der Waals surface area contributed by atoms with Crippen LogP contribution in [0.1, 0.15) is 23.7 Å². The number of nitrogens with one attached hydrogen (secondary N) is 1. The maximum absolute atomic E-state index is 6.09. The number of guanidine groups is 1. The van der Waals surface area contributed by atoms with Crippen molar-refractivity contribution in [1.82, 2.24) is 19.3 Å². The average Bonchev–Trinajstić information content (AvgIpc) is 3.30. The number of para-hydroxylation sites is 1. The fourth-order valence-electron chi connectivity index (χ4n) is 4.07. The molecule has 0 fully saturated rings. The van der Waals surface area contributed by atoms with Crippen molar-refractivity contribution in [3.05, 3.63) is 59.9 Å². The first-order valence-corrected chi connectivity index (χ1v) is 10.2. The SMILES string of the molecule is Cc1ccccc1-n1cc(C2N=C(N)Nc3nc4cc5c(cc4n32)OCCCO5)cn1. The quantitative estimate of drug-likeness (QED) is 0.522. The van der Waals surface area contributed by atoms with E-state index in [4.69, 9.17) is 20.2 Å². The van der Waals surface area contributed by atoms with E-state index < -0.39 is 6.17 Å². The van der Waals surface area contributed by atoms with E-state index in [0.717, 1.165) is 34.3 Å². The average molecular weight is 415 g/mol. The van der Waals surface area contributed by atoms with E-state index in [1.54, 1.807) is 0 Å². The first-order chi connectivity index (χ1) is 15.2. The number of nitrogens with two attached hydrogens (primary N) is 1. The van der Waals surface area contributed by atoms with Gasteiger partial charge in [-0.1, -0.05) is 18.2 Å². The van der Waals surface area contributed by atoms with Crippen LogP contribution in [-0.2, 0) is 0 Å². The summed E-state index contributed by atoms with van der Waals surface area (Å²) in [4.78, 5) is 9.38. The molecule has 9 nitrogen and oxygen atoms in total. The van der Waals surface area contributed by atoms with Gasteiger partial charge in [0.05, 0.1) is 36.1 Å². The lowest BCUT2D eigenvalue weighted by atomic mass is 10.2. The van der Waals surface area contributed by atoms with E-state index >= 15 is 0 Å². The fourth-order valence-corrected chi connectivity index (χ4v) is 4.07. The lowest BCUT2D eigenvalue weighted by Crippen LogP contribution is -2.31. The van der Waals surface area contributed by atoms with Crippen LogP contribution in [0.5, 0.6) is 11.5 Å². The molecule has 1 atom stereocenters. The third kappa shape index (κ3) is 2.89. The second-order valence-corrected chi connectivity index (χ2v) is 7.66. The standard InChI is InChI=1S/C22H21N7O2/c1-13-5-2-3-6-16(13)28-12-14(11-24-28)20-26-21(23)27-22-25-15-9-18-19(10-17(15)29(20)22)31-8-4-7-30-18/h2-3,5-6,9-12,20H,4,7-8H2,1H3,(H3,23,25,26,27). The van der Waals surface area contributed by atoms with Crippen LogP contribution in [0.15, 0.2) is 53.8 Å². The fraction of sp³-hybridized carbons (Fsp3) is 0.227. The summed E-state index contributed by atoms with van der Waals surface area (Å²) >= 11 is 0. The topological polar surface area (TPSA) is 105 Å². The molecule has 9 heteroatoms. The van der Waals surface area contributed by atoms with Gasteiger partial charge in [-0.25, -0.2) is 14.7 Å². The normalized spacial score (nSPS) is 17.6. The van der Waals surface area contributed by atoms with Crippen molar-refractivity contribution in [3.63, 3.8) is 0 Å². The van der Waals surface area contributed by atoms with Crippen molar-refractivity contribution in [2.75, 3.05) is 18.5 Å². The zero-order valence-corrected chi connectivity index (χ0v) is 16.9. The summed E-state index contributed by atoms with van der Waals surface area (Å²) in [6.07, 6.45) is 4.25. The second-order valence-electron chi connectivity index (χ2n) is 7.66. The van der Waals surface area contributed by atoms with Crippen molar-refractivity contribution >= 4 is 22.9 Å². The molecule has 0 saturated heterocycles. The summed E-state index contributed by atoms with van der Waals surface area (Å²) < 4.78 is 15.6. The van der Waals surface area contributed by atoms with Gasteiger partial charge >= 0.3 is 0 Å². The van der Waals surface area contributed by atoms with Gasteiger partial charge in [0.2, 0.25) is 5.95 Å². The molecule has 1 unspecified atom stereocenters. The Balaban J connectivity index is 1.48. The Morgan fingerprint density at radius 2 is 1.94 bits per heavy atom. The molecule has 2 aromatic carbocycles. The largest absolute Gasteiger partial charge is 0.489 e. The molecular weight excluding hydrogens is 394 g/mol. The van der Waals surface area contributed by atoms with E-state index in [2.05, 4.69) is 28.4 Å². The number of ether oxygens (including phenoxy) is 2. The molecule has 2 aromatic heterocycles. The van der Waals surface area contributed by atoms with Crippen LogP contribution in [-0.4, -0.2) is 38.5 Å². The van der Waals surface area contributed by atoms with E-state index in [-0.39, 0.29) is 0 Å². The molecule has 0 bridgehead atoms. The molecule has 4 heterocycles. The Bertz CT molecular complexity index is 1340. The predicted octanol–water partition coefficient (Wildman–Crippen LogP) is 2.98. The van der Waals surface area contributed by atoms with Crippen LogP contribution < -0.4 is 20.5 Å². The summed E-state index contributed by atoms with van der Waals surface area (Å²) in [5, 5.41) is 7.65. The van der Waals surface area contributed by atoms with Crippen LogP contribution in [0.2, 0.25) is 0 Å². The molecule has 2 aliphatic heterocycles. The van der Waals surface area contributed by atoms with Crippen LogP contribution in [0.3, 0.4) is 0 Å². The Morgan fingerprint density at radius 3 is 2.77 bits per heavy atom. The van der Waals surface area contributed by atoms with Crippen LogP contribution >= 0.6 is 0 Å².